The highest BCUT2D eigenvalue weighted by atomic mass is 32.2. The van der Waals surface area contributed by atoms with E-state index in [0.29, 0.717) is 10.9 Å². The Morgan fingerprint density at radius 2 is 2.09 bits per heavy atom. The van der Waals surface area contributed by atoms with Gasteiger partial charge in [0.15, 0.2) is 5.16 Å². The highest BCUT2D eigenvalue weighted by Crippen LogP contribution is 2.22. The molecule has 0 aliphatic rings. The molecule has 0 aliphatic carbocycles. The van der Waals surface area contributed by atoms with Crippen LogP contribution in [0.15, 0.2) is 34.2 Å². The van der Waals surface area contributed by atoms with Crippen molar-refractivity contribution >= 4 is 11.8 Å². The van der Waals surface area contributed by atoms with Crippen LogP contribution in [0.2, 0.25) is 0 Å². The molecule has 0 aliphatic heterocycles. The second kappa shape index (κ2) is 7.95. The highest BCUT2D eigenvalue weighted by Gasteiger charge is 2.13. The number of rotatable bonds is 6. The third kappa shape index (κ3) is 4.01. The fourth-order valence-corrected chi connectivity index (χ4v) is 2.76. The zero-order valence-corrected chi connectivity index (χ0v) is 14.4. The minimum absolute atomic E-state index is 0.0581. The van der Waals surface area contributed by atoms with E-state index in [4.69, 9.17) is 0 Å². The zero-order valence-electron chi connectivity index (χ0n) is 13.6. The van der Waals surface area contributed by atoms with Gasteiger partial charge in [-0.1, -0.05) is 43.8 Å². The number of aromatic nitrogens is 2. The summed E-state index contributed by atoms with van der Waals surface area (Å²) in [6.45, 7) is 7.05. The molecule has 2 aromatic rings. The van der Waals surface area contributed by atoms with Gasteiger partial charge in [0, 0.05) is 12.1 Å². The van der Waals surface area contributed by atoms with Gasteiger partial charge in [-0.25, -0.2) is 4.98 Å². The minimum Gasteiger partial charge on any atom is -0.300 e. The Hall–Kier alpha value is -2.10. The molecule has 0 amide bonds. The van der Waals surface area contributed by atoms with Gasteiger partial charge in [-0.05, 0) is 31.0 Å². The number of hydrogen-bond donors (Lipinski definition) is 1. The summed E-state index contributed by atoms with van der Waals surface area (Å²) in [5.41, 5.74) is 2.05. The molecule has 0 bridgehead atoms. The lowest BCUT2D eigenvalue weighted by Gasteiger charge is -2.18. The van der Waals surface area contributed by atoms with E-state index >= 15 is 0 Å². The van der Waals surface area contributed by atoms with Gasteiger partial charge in [0.25, 0.3) is 5.56 Å². The first-order valence-electron chi connectivity index (χ1n) is 7.53. The smallest absolute Gasteiger partial charge is 0.270 e. The number of H-pyrrole nitrogens is 1. The van der Waals surface area contributed by atoms with E-state index in [9.17, 15) is 10.1 Å². The second-order valence-electron chi connectivity index (χ2n) is 5.07. The summed E-state index contributed by atoms with van der Waals surface area (Å²) >= 11 is 1.35. The van der Waals surface area contributed by atoms with E-state index < -0.39 is 5.56 Å². The first-order chi connectivity index (χ1) is 11.1. The molecular formula is C17H20N4OS. The van der Waals surface area contributed by atoms with E-state index in [0.717, 1.165) is 30.8 Å². The highest BCUT2D eigenvalue weighted by molar-refractivity contribution is 7.98. The number of hydrogen-bond acceptors (Lipinski definition) is 5. The Morgan fingerprint density at radius 3 is 2.70 bits per heavy atom. The van der Waals surface area contributed by atoms with E-state index in [1.165, 1.54) is 11.8 Å². The molecule has 0 radical (unpaired) electrons. The molecule has 2 rings (SSSR count). The Balaban J connectivity index is 2.49. The fourth-order valence-electron chi connectivity index (χ4n) is 2.38. The van der Waals surface area contributed by atoms with Gasteiger partial charge in [-0.3, -0.25) is 9.69 Å². The van der Waals surface area contributed by atoms with E-state index in [2.05, 4.69) is 34.8 Å². The Kier molecular flexibility index (Phi) is 5.97. The quantitative estimate of drug-likeness (QED) is 0.652. The Bertz CT molecular complexity index is 775. The summed E-state index contributed by atoms with van der Waals surface area (Å²) in [6, 6.07) is 9.86. The predicted molar refractivity (Wildman–Crippen MR) is 93.4 cm³/mol. The SMILES string of the molecule is CCN(CC)Cc1cccc(-c2nc(SC)[nH]c(=O)c2C#N)c1. The van der Waals surface area contributed by atoms with E-state index in [1.807, 2.05) is 30.5 Å². The zero-order chi connectivity index (χ0) is 16.8. The summed E-state index contributed by atoms with van der Waals surface area (Å²) in [5, 5.41) is 9.80. The standard InChI is InChI=1S/C17H20N4OS/c1-4-21(5-2)11-12-7-6-8-13(9-12)15-14(10-18)16(22)20-17(19-15)23-3/h6-9H,4-5,11H2,1-3H3,(H,19,20,22). The van der Waals surface area contributed by atoms with Gasteiger partial charge in [0.2, 0.25) is 0 Å². The molecule has 5 nitrogen and oxygen atoms in total. The first kappa shape index (κ1) is 17.3. The van der Waals surface area contributed by atoms with Crippen LogP contribution in [-0.2, 0) is 6.54 Å². The van der Waals surface area contributed by atoms with Crippen molar-refractivity contribution in [2.45, 2.75) is 25.5 Å². The largest absolute Gasteiger partial charge is 0.300 e. The Morgan fingerprint density at radius 1 is 1.35 bits per heavy atom. The van der Waals surface area contributed by atoms with Crippen LogP contribution < -0.4 is 5.56 Å². The first-order valence-corrected chi connectivity index (χ1v) is 8.75. The average molecular weight is 328 g/mol. The molecule has 1 aromatic carbocycles. The average Bonchev–Trinajstić information content (AvgIpc) is 2.59. The third-order valence-electron chi connectivity index (χ3n) is 3.70. The molecule has 120 valence electrons. The van der Waals surface area contributed by atoms with Crippen molar-refractivity contribution in [2.75, 3.05) is 19.3 Å². The van der Waals surface area contributed by atoms with Gasteiger partial charge in [0.05, 0.1) is 5.69 Å². The van der Waals surface area contributed by atoms with Gasteiger partial charge in [-0.2, -0.15) is 5.26 Å². The molecule has 0 unspecified atom stereocenters. The summed E-state index contributed by atoms with van der Waals surface area (Å²) in [6.07, 6.45) is 1.84. The van der Waals surface area contributed by atoms with Gasteiger partial charge in [0.1, 0.15) is 11.6 Å². The lowest BCUT2D eigenvalue weighted by molar-refractivity contribution is 0.296. The van der Waals surface area contributed by atoms with Crippen LogP contribution in [0.5, 0.6) is 0 Å². The molecule has 0 atom stereocenters. The molecule has 6 heteroatoms. The molecule has 23 heavy (non-hydrogen) atoms. The maximum Gasteiger partial charge on any atom is 0.270 e. The minimum atomic E-state index is -0.393. The van der Waals surface area contributed by atoms with Crippen LogP contribution >= 0.6 is 11.8 Å². The number of nitriles is 1. The fraction of sp³-hybridized carbons (Fsp3) is 0.353. The summed E-state index contributed by atoms with van der Waals surface area (Å²) < 4.78 is 0. The van der Waals surface area contributed by atoms with Crippen LogP contribution in [0, 0.1) is 11.3 Å². The number of nitrogens with zero attached hydrogens (tertiary/aromatic N) is 3. The van der Waals surface area contributed by atoms with Crippen molar-refractivity contribution in [1.29, 1.82) is 5.26 Å². The van der Waals surface area contributed by atoms with Crippen molar-refractivity contribution in [3.8, 4) is 17.3 Å². The molecular weight excluding hydrogens is 308 g/mol. The van der Waals surface area contributed by atoms with Crippen molar-refractivity contribution in [3.63, 3.8) is 0 Å². The van der Waals surface area contributed by atoms with Crippen LogP contribution in [0.3, 0.4) is 0 Å². The number of benzene rings is 1. The molecule has 1 N–H and O–H groups in total. The number of thioether (sulfide) groups is 1. The van der Waals surface area contributed by atoms with Crippen molar-refractivity contribution in [3.05, 3.63) is 45.7 Å². The maximum absolute atomic E-state index is 12.0. The summed E-state index contributed by atoms with van der Waals surface area (Å²) in [5.74, 6) is 0. The topological polar surface area (TPSA) is 72.8 Å². The third-order valence-corrected chi connectivity index (χ3v) is 4.28. The molecule has 1 heterocycles. The van der Waals surface area contributed by atoms with Crippen LogP contribution in [0.4, 0.5) is 0 Å². The number of nitrogens with one attached hydrogen (secondary N) is 1. The van der Waals surface area contributed by atoms with Crippen LogP contribution in [0.1, 0.15) is 25.0 Å². The lowest BCUT2D eigenvalue weighted by atomic mass is 10.0. The van der Waals surface area contributed by atoms with Gasteiger partial charge >= 0.3 is 0 Å². The molecule has 1 aromatic heterocycles. The van der Waals surface area contributed by atoms with Crippen molar-refractivity contribution in [2.24, 2.45) is 0 Å². The van der Waals surface area contributed by atoms with Crippen molar-refractivity contribution < 1.29 is 0 Å². The Labute approximate surface area is 140 Å². The van der Waals surface area contributed by atoms with E-state index in [-0.39, 0.29) is 5.56 Å². The van der Waals surface area contributed by atoms with Gasteiger partial charge < -0.3 is 4.98 Å². The van der Waals surface area contributed by atoms with Crippen LogP contribution in [0.25, 0.3) is 11.3 Å². The molecule has 0 fully saturated rings. The number of aromatic amines is 1. The normalized spacial score (nSPS) is 10.7. The monoisotopic (exact) mass is 328 g/mol. The molecule has 0 spiro atoms. The van der Waals surface area contributed by atoms with Crippen molar-refractivity contribution in [1.82, 2.24) is 14.9 Å². The summed E-state index contributed by atoms with van der Waals surface area (Å²) in [7, 11) is 0. The van der Waals surface area contributed by atoms with Crippen LogP contribution in [-0.4, -0.2) is 34.2 Å². The second-order valence-corrected chi connectivity index (χ2v) is 5.87. The lowest BCUT2D eigenvalue weighted by Crippen LogP contribution is -2.22. The molecule has 0 saturated carbocycles. The van der Waals surface area contributed by atoms with E-state index in [1.54, 1.807) is 0 Å². The summed E-state index contributed by atoms with van der Waals surface area (Å²) in [4.78, 5) is 21.4. The maximum atomic E-state index is 12.0. The van der Waals surface area contributed by atoms with Gasteiger partial charge in [-0.15, -0.1) is 0 Å². The predicted octanol–water partition coefficient (Wildman–Crippen LogP) is 2.87. The molecule has 0 saturated heterocycles.